The first-order valence-electron chi connectivity index (χ1n) is 11.0. The van der Waals surface area contributed by atoms with Gasteiger partial charge in [0, 0.05) is 12.0 Å². The molecule has 31 heavy (non-hydrogen) atoms. The molecule has 9 heteroatoms. The average Bonchev–Trinajstić information content (AvgIpc) is 2.76. The maximum atomic E-state index is 12.4. The van der Waals surface area contributed by atoms with E-state index in [1.54, 1.807) is 24.3 Å². The molecule has 0 unspecified atom stereocenters. The van der Waals surface area contributed by atoms with Crippen molar-refractivity contribution in [3.8, 4) is 5.75 Å². The second-order valence-electron chi connectivity index (χ2n) is 8.00. The molecule has 0 radical (unpaired) electrons. The lowest BCUT2D eigenvalue weighted by Crippen LogP contribution is -2.42. The van der Waals surface area contributed by atoms with E-state index in [4.69, 9.17) is 4.74 Å². The average molecular weight is 455 g/mol. The van der Waals surface area contributed by atoms with Crippen LogP contribution in [0.1, 0.15) is 62.2 Å². The highest BCUT2D eigenvalue weighted by molar-refractivity contribution is 7.89. The molecule has 1 aliphatic heterocycles. The van der Waals surface area contributed by atoms with Crippen molar-refractivity contribution in [3.05, 3.63) is 29.8 Å². The second-order valence-corrected chi connectivity index (χ2v) is 9.87. The van der Waals surface area contributed by atoms with E-state index in [1.807, 2.05) is 6.92 Å². The Hall–Kier alpha value is -1.97. The van der Waals surface area contributed by atoms with Gasteiger partial charge in [0.05, 0.1) is 12.4 Å². The Morgan fingerprint density at radius 1 is 1.23 bits per heavy atom. The van der Waals surface area contributed by atoms with Gasteiger partial charge in [0.2, 0.25) is 10.0 Å². The SMILES string of the molecule is CCCCS(=O)(=O)N[C@@H](CCC(=O)c1ccc(OCCC2CCNCC2)cc1)C(=O)O. The molecule has 1 aromatic rings. The number of rotatable bonds is 14. The number of unbranched alkanes of at least 4 members (excludes halogenated alkanes) is 1. The van der Waals surface area contributed by atoms with E-state index in [9.17, 15) is 23.1 Å². The minimum absolute atomic E-state index is 0.0663. The van der Waals surface area contributed by atoms with Gasteiger partial charge >= 0.3 is 5.97 Å². The third kappa shape index (κ3) is 9.37. The molecule has 2 rings (SSSR count). The third-order valence-corrected chi connectivity index (χ3v) is 6.95. The summed E-state index contributed by atoms with van der Waals surface area (Å²) in [6, 6.07) is 5.46. The van der Waals surface area contributed by atoms with E-state index in [2.05, 4.69) is 10.0 Å². The Kier molecular flexibility index (Phi) is 10.4. The molecular formula is C22H34N2O6S. The van der Waals surface area contributed by atoms with Crippen LogP contribution in [0, 0.1) is 5.92 Å². The molecule has 0 aromatic heterocycles. The van der Waals surface area contributed by atoms with E-state index >= 15 is 0 Å². The number of nitrogens with one attached hydrogen (secondary N) is 2. The summed E-state index contributed by atoms with van der Waals surface area (Å²) in [6.45, 7) is 4.61. The number of carbonyl (C=O) groups is 2. The molecule has 1 aliphatic rings. The fraction of sp³-hybridized carbons (Fsp3) is 0.636. The molecule has 0 saturated carbocycles. The number of carboxylic acids is 1. The lowest BCUT2D eigenvalue weighted by molar-refractivity contribution is -0.139. The van der Waals surface area contributed by atoms with E-state index in [0.717, 1.165) is 19.5 Å². The van der Waals surface area contributed by atoms with Gasteiger partial charge in [-0.3, -0.25) is 9.59 Å². The largest absolute Gasteiger partial charge is 0.494 e. The van der Waals surface area contributed by atoms with Crippen molar-refractivity contribution in [2.45, 2.75) is 57.9 Å². The normalized spacial score (nSPS) is 16.0. The lowest BCUT2D eigenvalue weighted by Gasteiger charge is -2.22. The van der Waals surface area contributed by atoms with Crippen molar-refractivity contribution in [3.63, 3.8) is 0 Å². The molecule has 1 atom stereocenters. The number of benzene rings is 1. The highest BCUT2D eigenvalue weighted by Crippen LogP contribution is 2.19. The number of sulfonamides is 1. The standard InChI is InChI=1S/C22H34N2O6S/c1-2-3-16-31(28,29)24-20(22(26)27)8-9-21(25)18-4-6-19(7-5-18)30-15-12-17-10-13-23-14-11-17/h4-7,17,20,23-24H,2-3,8-16H2,1H3,(H,26,27)/t20-/m0/s1. The van der Waals surface area contributed by atoms with Gasteiger partial charge in [0.25, 0.3) is 0 Å². The molecule has 8 nitrogen and oxygen atoms in total. The molecule has 1 heterocycles. The fourth-order valence-electron chi connectivity index (χ4n) is 3.51. The van der Waals surface area contributed by atoms with Crippen molar-refractivity contribution in [2.75, 3.05) is 25.4 Å². The Balaban J connectivity index is 1.80. The Labute approximate surface area is 184 Å². The van der Waals surface area contributed by atoms with Crippen molar-refractivity contribution in [1.82, 2.24) is 10.0 Å². The van der Waals surface area contributed by atoms with Gasteiger partial charge in [-0.1, -0.05) is 13.3 Å². The summed E-state index contributed by atoms with van der Waals surface area (Å²) in [4.78, 5) is 23.8. The minimum Gasteiger partial charge on any atom is -0.494 e. The van der Waals surface area contributed by atoms with Crippen molar-refractivity contribution in [1.29, 1.82) is 0 Å². The monoisotopic (exact) mass is 454 g/mol. The molecule has 0 amide bonds. The van der Waals surface area contributed by atoms with Gasteiger partial charge in [-0.2, -0.15) is 0 Å². The smallest absolute Gasteiger partial charge is 0.321 e. The van der Waals surface area contributed by atoms with Crippen LogP contribution in [0.4, 0.5) is 0 Å². The zero-order valence-electron chi connectivity index (χ0n) is 18.1. The van der Waals surface area contributed by atoms with Crippen LogP contribution in [-0.2, 0) is 14.8 Å². The predicted octanol–water partition coefficient (Wildman–Crippen LogP) is 2.59. The van der Waals surface area contributed by atoms with Crippen LogP contribution >= 0.6 is 0 Å². The summed E-state index contributed by atoms with van der Waals surface area (Å²) >= 11 is 0. The number of carbonyl (C=O) groups excluding carboxylic acids is 1. The second kappa shape index (κ2) is 12.8. The summed E-state index contributed by atoms with van der Waals surface area (Å²) in [5, 5.41) is 12.6. The van der Waals surface area contributed by atoms with Gasteiger partial charge in [-0.15, -0.1) is 0 Å². The molecule has 1 fully saturated rings. The van der Waals surface area contributed by atoms with Crippen LogP contribution in [0.2, 0.25) is 0 Å². The maximum absolute atomic E-state index is 12.4. The van der Waals surface area contributed by atoms with Crippen LogP contribution in [-0.4, -0.2) is 56.8 Å². The van der Waals surface area contributed by atoms with Gasteiger partial charge in [0.15, 0.2) is 5.78 Å². The van der Waals surface area contributed by atoms with Crippen molar-refractivity contribution in [2.24, 2.45) is 5.92 Å². The molecular weight excluding hydrogens is 420 g/mol. The zero-order valence-corrected chi connectivity index (χ0v) is 19.0. The number of aliphatic carboxylic acids is 1. The fourth-order valence-corrected chi connectivity index (χ4v) is 4.95. The first kappa shape index (κ1) is 25.3. The molecule has 3 N–H and O–H groups in total. The molecule has 0 spiro atoms. The number of hydrogen-bond acceptors (Lipinski definition) is 6. The van der Waals surface area contributed by atoms with Crippen molar-refractivity contribution < 1.29 is 27.9 Å². The topological polar surface area (TPSA) is 122 Å². The molecule has 0 bridgehead atoms. The van der Waals surface area contributed by atoms with Crippen LogP contribution in [0.15, 0.2) is 24.3 Å². The Morgan fingerprint density at radius 2 is 1.90 bits per heavy atom. The van der Waals surface area contributed by atoms with Gasteiger partial charge in [-0.05, 0) is 75.4 Å². The summed E-state index contributed by atoms with van der Waals surface area (Å²) in [5.41, 5.74) is 0.448. The number of piperidine rings is 1. The van der Waals surface area contributed by atoms with Crippen LogP contribution in [0.5, 0.6) is 5.75 Å². The predicted molar refractivity (Wildman–Crippen MR) is 119 cm³/mol. The van der Waals surface area contributed by atoms with Crippen molar-refractivity contribution >= 4 is 21.8 Å². The van der Waals surface area contributed by atoms with E-state index < -0.39 is 22.0 Å². The number of hydrogen-bond donors (Lipinski definition) is 3. The molecule has 174 valence electrons. The van der Waals surface area contributed by atoms with Crippen LogP contribution < -0.4 is 14.8 Å². The first-order valence-corrected chi connectivity index (χ1v) is 12.7. The lowest BCUT2D eigenvalue weighted by atomic mass is 9.95. The summed E-state index contributed by atoms with van der Waals surface area (Å²) in [5.74, 6) is -0.271. The van der Waals surface area contributed by atoms with Crippen LogP contribution in [0.25, 0.3) is 0 Å². The van der Waals surface area contributed by atoms with Gasteiger partial charge < -0.3 is 15.2 Å². The molecule has 1 saturated heterocycles. The summed E-state index contributed by atoms with van der Waals surface area (Å²) in [7, 11) is -3.69. The Morgan fingerprint density at radius 3 is 2.52 bits per heavy atom. The third-order valence-electron chi connectivity index (χ3n) is 5.48. The summed E-state index contributed by atoms with van der Waals surface area (Å²) in [6.07, 6.45) is 4.32. The highest BCUT2D eigenvalue weighted by atomic mass is 32.2. The van der Waals surface area contributed by atoms with E-state index in [1.165, 1.54) is 12.8 Å². The zero-order chi connectivity index (χ0) is 22.7. The van der Waals surface area contributed by atoms with E-state index in [-0.39, 0.29) is 24.4 Å². The highest BCUT2D eigenvalue weighted by Gasteiger charge is 2.24. The first-order chi connectivity index (χ1) is 14.8. The quantitative estimate of drug-likeness (QED) is 0.369. The maximum Gasteiger partial charge on any atom is 0.321 e. The Bertz CT molecular complexity index is 804. The molecule has 1 aromatic carbocycles. The van der Waals surface area contributed by atoms with Gasteiger partial charge in [0.1, 0.15) is 11.8 Å². The molecule has 0 aliphatic carbocycles. The van der Waals surface area contributed by atoms with E-state index in [0.29, 0.717) is 36.7 Å². The van der Waals surface area contributed by atoms with Crippen LogP contribution in [0.3, 0.4) is 0 Å². The van der Waals surface area contributed by atoms with Gasteiger partial charge in [-0.25, -0.2) is 13.1 Å². The summed E-state index contributed by atoms with van der Waals surface area (Å²) < 4.78 is 31.9. The number of ketones is 1. The number of carboxylic acid groups (broad SMARTS) is 1. The number of ether oxygens (including phenoxy) is 1. The minimum atomic E-state index is -3.69. The number of Topliss-reactive ketones (excluding diaryl/α,β-unsaturated/α-hetero) is 1.